The van der Waals surface area contributed by atoms with Gasteiger partial charge in [-0.1, -0.05) is 12.1 Å². The Labute approximate surface area is 186 Å². The molecule has 7 heteroatoms. The molecule has 2 aromatic rings. The maximum Gasteiger partial charge on any atom is 0.191 e. The van der Waals surface area contributed by atoms with Crippen molar-refractivity contribution in [3.05, 3.63) is 46.3 Å². The van der Waals surface area contributed by atoms with Crippen molar-refractivity contribution in [2.24, 2.45) is 10.9 Å². The van der Waals surface area contributed by atoms with E-state index in [9.17, 15) is 0 Å². The number of hydrogen-bond acceptors (Lipinski definition) is 4. The van der Waals surface area contributed by atoms with Crippen molar-refractivity contribution in [2.45, 2.75) is 60.2 Å². The highest BCUT2D eigenvalue weighted by Gasteiger charge is 2.22. The number of guanidine groups is 1. The van der Waals surface area contributed by atoms with E-state index in [2.05, 4.69) is 54.7 Å². The van der Waals surface area contributed by atoms with E-state index >= 15 is 0 Å². The lowest BCUT2D eigenvalue weighted by Crippen LogP contribution is -2.37. The summed E-state index contributed by atoms with van der Waals surface area (Å²) < 4.78 is 13.3. The average Bonchev–Trinajstić information content (AvgIpc) is 3.54. The van der Waals surface area contributed by atoms with Gasteiger partial charge in [-0.25, -0.2) is 4.99 Å². The van der Waals surface area contributed by atoms with Gasteiger partial charge in [-0.2, -0.15) is 5.10 Å². The number of hydrogen-bond donors (Lipinski definition) is 2. The lowest BCUT2D eigenvalue weighted by atomic mass is 10.1. The summed E-state index contributed by atoms with van der Waals surface area (Å²) in [6.45, 7) is 12.6. The van der Waals surface area contributed by atoms with Gasteiger partial charge in [0.25, 0.3) is 0 Å². The molecule has 170 valence electrons. The van der Waals surface area contributed by atoms with E-state index in [1.165, 1.54) is 24.0 Å². The number of nitrogens with zero attached hydrogens (tertiary/aromatic N) is 3. The first-order valence-corrected chi connectivity index (χ1v) is 11.3. The molecule has 1 fully saturated rings. The molecule has 1 aromatic carbocycles. The zero-order chi connectivity index (χ0) is 22.2. The quantitative estimate of drug-likeness (QED) is 0.424. The number of rotatable bonds is 11. The summed E-state index contributed by atoms with van der Waals surface area (Å²) in [6, 6.07) is 6.36. The summed E-state index contributed by atoms with van der Waals surface area (Å²) in [7, 11) is 1.71. The third-order valence-corrected chi connectivity index (χ3v) is 5.62. The second-order valence-corrected chi connectivity index (χ2v) is 8.28. The predicted octanol–water partition coefficient (Wildman–Crippen LogP) is 3.50. The van der Waals surface area contributed by atoms with Crippen LogP contribution in [0.15, 0.2) is 23.2 Å². The minimum Gasteiger partial charge on any atom is -0.493 e. The van der Waals surface area contributed by atoms with Gasteiger partial charge in [0.1, 0.15) is 5.75 Å². The molecule has 0 amide bonds. The van der Waals surface area contributed by atoms with Crippen LogP contribution in [-0.4, -0.2) is 42.6 Å². The zero-order valence-electron chi connectivity index (χ0n) is 19.6. The van der Waals surface area contributed by atoms with E-state index in [-0.39, 0.29) is 0 Å². The summed E-state index contributed by atoms with van der Waals surface area (Å²) in [6.07, 6.45) is 2.57. The van der Waals surface area contributed by atoms with Crippen LogP contribution in [0.2, 0.25) is 0 Å². The average molecular weight is 428 g/mol. The normalized spacial score (nSPS) is 14.0. The van der Waals surface area contributed by atoms with Crippen LogP contribution in [0.3, 0.4) is 0 Å². The number of benzene rings is 1. The molecule has 0 unspecified atom stereocenters. The Morgan fingerprint density at radius 1 is 1.23 bits per heavy atom. The van der Waals surface area contributed by atoms with Gasteiger partial charge < -0.3 is 20.1 Å². The molecule has 1 aliphatic carbocycles. The lowest BCUT2D eigenvalue weighted by Gasteiger charge is -2.14. The molecule has 0 spiro atoms. The molecule has 31 heavy (non-hydrogen) atoms. The lowest BCUT2D eigenvalue weighted by molar-refractivity contribution is 0.182. The Morgan fingerprint density at radius 3 is 2.74 bits per heavy atom. The number of methoxy groups -OCH3 is 1. The first-order chi connectivity index (χ1) is 15.0. The van der Waals surface area contributed by atoms with Gasteiger partial charge in [-0.05, 0) is 58.1 Å². The minimum absolute atomic E-state index is 0.570. The van der Waals surface area contributed by atoms with Gasteiger partial charge in [-0.3, -0.25) is 4.68 Å². The molecular weight excluding hydrogens is 390 g/mol. The topological polar surface area (TPSA) is 72.7 Å². The van der Waals surface area contributed by atoms with Crippen molar-refractivity contribution in [1.82, 2.24) is 20.4 Å². The van der Waals surface area contributed by atoms with Gasteiger partial charge in [-0.15, -0.1) is 0 Å². The monoisotopic (exact) mass is 427 g/mol. The summed E-state index contributed by atoms with van der Waals surface area (Å²) >= 11 is 0. The summed E-state index contributed by atoms with van der Waals surface area (Å²) in [5, 5.41) is 11.5. The Kier molecular flexibility index (Phi) is 8.35. The summed E-state index contributed by atoms with van der Waals surface area (Å²) in [5.41, 5.74) is 5.71. The predicted molar refractivity (Wildman–Crippen MR) is 125 cm³/mol. The number of nitrogens with one attached hydrogen (secondary N) is 2. The van der Waals surface area contributed by atoms with E-state index in [1.807, 2.05) is 11.6 Å². The highest BCUT2D eigenvalue weighted by Crippen LogP contribution is 2.31. The number of ether oxygens (including phenoxy) is 2. The second-order valence-electron chi connectivity index (χ2n) is 8.28. The number of aliphatic imine (C=N–C) groups is 1. The van der Waals surface area contributed by atoms with Crippen molar-refractivity contribution >= 4 is 5.96 Å². The van der Waals surface area contributed by atoms with E-state index in [0.29, 0.717) is 19.7 Å². The van der Waals surface area contributed by atoms with Crippen LogP contribution in [0.5, 0.6) is 5.75 Å². The summed E-state index contributed by atoms with van der Waals surface area (Å²) in [4.78, 5) is 4.81. The van der Waals surface area contributed by atoms with Gasteiger partial charge in [0, 0.05) is 37.0 Å². The van der Waals surface area contributed by atoms with Gasteiger partial charge in [0.15, 0.2) is 5.96 Å². The van der Waals surface area contributed by atoms with E-state index in [4.69, 9.17) is 14.5 Å². The van der Waals surface area contributed by atoms with Crippen molar-refractivity contribution in [3.8, 4) is 5.75 Å². The minimum atomic E-state index is 0.570. The Morgan fingerprint density at radius 2 is 2.03 bits per heavy atom. The standard InChI is InChI=1S/C24H37N5O2/c1-6-25-24(27-15-22-18(3)28-29(19(22)4)11-12-30-5)26-14-21-10-7-17(2)13-23(21)31-16-20-8-9-20/h7,10,13,20H,6,8-9,11-12,14-16H2,1-5H3,(H2,25,26,27). The highest BCUT2D eigenvalue weighted by atomic mass is 16.5. The molecule has 0 bridgehead atoms. The molecule has 1 heterocycles. The first-order valence-electron chi connectivity index (χ1n) is 11.3. The van der Waals surface area contributed by atoms with E-state index in [0.717, 1.165) is 54.3 Å². The van der Waals surface area contributed by atoms with Crippen LogP contribution in [0, 0.1) is 26.7 Å². The first kappa shape index (κ1) is 23.1. The van der Waals surface area contributed by atoms with E-state index < -0.39 is 0 Å². The highest BCUT2D eigenvalue weighted by molar-refractivity contribution is 5.79. The molecule has 1 saturated carbocycles. The Bertz CT molecular complexity index is 886. The van der Waals surface area contributed by atoms with Crippen LogP contribution in [-0.2, 0) is 24.4 Å². The largest absolute Gasteiger partial charge is 0.493 e. The fourth-order valence-corrected chi connectivity index (χ4v) is 3.48. The molecule has 0 aliphatic heterocycles. The van der Waals surface area contributed by atoms with Crippen molar-refractivity contribution < 1.29 is 9.47 Å². The van der Waals surface area contributed by atoms with Crippen molar-refractivity contribution in [3.63, 3.8) is 0 Å². The summed E-state index contributed by atoms with van der Waals surface area (Å²) in [5.74, 6) is 2.48. The maximum atomic E-state index is 6.10. The SMILES string of the molecule is CCNC(=NCc1ccc(C)cc1OCC1CC1)NCc1c(C)nn(CCOC)c1C. The molecule has 2 N–H and O–H groups in total. The molecule has 0 radical (unpaired) electrons. The number of aromatic nitrogens is 2. The molecule has 0 saturated heterocycles. The van der Waals surface area contributed by atoms with Gasteiger partial charge in [0.05, 0.1) is 32.0 Å². The van der Waals surface area contributed by atoms with Crippen LogP contribution in [0.4, 0.5) is 0 Å². The molecule has 1 aromatic heterocycles. The van der Waals surface area contributed by atoms with Crippen molar-refractivity contribution in [1.29, 1.82) is 0 Å². The molecule has 7 nitrogen and oxygen atoms in total. The fourth-order valence-electron chi connectivity index (χ4n) is 3.48. The van der Waals surface area contributed by atoms with Crippen LogP contribution >= 0.6 is 0 Å². The zero-order valence-corrected chi connectivity index (χ0v) is 19.6. The van der Waals surface area contributed by atoms with Gasteiger partial charge in [0.2, 0.25) is 0 Å². The third-order valence-electron chi connectivity index (χ3n) is 5.62. The molecular formula is C24H37N5O2. The second kappa shape index (κ2) is 11.2. The fraction of sp³-hybridized carbons (Fsp3) is 0.583. The van der Waals surface area contributed by atoms with E-state index in [1.54, 1.807) is 7.11 Å². The van der Waals surface area contributed by atoms with Crippen molar-refractivity contribution in [2.75, 3.05) is 26.9 Å². The molecule has 0 atom stereocenters. The number of aryl methyl sites for hydroxylation is 2. The third kappa shape index (κ3) is 6.72. The van der Waals surface area contributed by atoms with Crippen LogP contribution in [0.25, 0.3) is 0 Å². The maximum absolute atomic E-state index is 6.10. The van der Waals surface area contributed by atoms with Gasteiger partial charge >= 0.3 is 0 Å². The molecule has 3 rings (SSSR count). The molecule has 1 aliphatic rings. The van der Waals surface area contributed by atoms with Crippen LogP contribution in [0.1, 0.15) is 47.8 Å². The Hall–Kier alpha value is -2.54. The Balaban J connectivity index is 1.66. The smallest absolute Gasteiger partial charge is 0.191 e. The van der Waals surface area contributed by atoms with Crippen LogP contribution < -0.4 is 15.4 Å².